The Morgan fingerprint density at radius 3 is 2.43 bits per heavy atom. The van der Waals surface area contributed by atoms with Gasteiger partial charge in [0, 0.05) is 5.39 Å². The summed E-state index contributed by atoms with van der Waals surface area (Å²) < 4.78 is 5.47. The molecule has 0 aliphatic rings. The Hall–Kier alpha value is -3.01. The van der Waals surface area contributed by atoms with Crippen LogP contribution in [0.15, 0.2) is 60.7 Å². The van der Waals surface area contributed by atoms with Crippen LogP contribution in [0.1, 0.15) is 10.4 Å². The molecule has 0 saturated carbocycles. The Balaban J connectivity index is 1.94. The third kappa shape index (κ3) is 2.51. The predicted molar refractivity (Wildman–Crippen MR) is 84.2 cm³/mol. The fourth-order valence-electron chi connectivity index (χ4n) is 2.15. The zero-order valence-electron chi connectivity index (χ0n) is 11.2. The Kier molecular flexibility index (Phi) is 3.20. The van der Waals surface area contributed by atoms with Crippen molar-refractivity contribution < 1.29 is 9.53 Å². The van der Waals surface area contributed by atoms with Crippen molar-refractivity contribution in [2.24, 2.45) is 0 Å². The van der Waals surface area contributed by atoms with E-state index in [1.807, 2.05) is 36.4 Å². The maximum absolute atomic E-state index is 12.2. The minimum absolute atomic E-state index is 0.363. The van der Waals surface area contributed by atoms with Crippen molar-refractivity contribution in [2.75, 3.05) is 11.5 Å². The number of rotatable bonds is 2. The second-order valence-electron chi connectivity index (χ2n) is 4.71. The monoisotopic (exact) mass is 278 g/mol. The minimum atomic E-state index is -0.460. The largest absolute Gasteiger partial charge is 0.422 e. The average molecular weight is 278 g/mol. The highest BCUT2D eigenvalue weighted by atomic mass is 16.5. The molecular weight excluding hydrogens is 264 g/mol. The summed E-state index contributed by atoms with van der Waals surface area (Å²) in [5, 5.41) is 1.90. The lowest BCUT2D eigenvalue weighted by molar-refractivity contribution is 0.0737. The third-order valence-electron chi connectivity index (χ3n) is 3.27. The van der Waals surface area contributed by atoms with Crippen molar-refractivity contribution in [2.45, 2.75) is 0 Å². The third-order valence-corrected chi connectivity index (χ3v) is 3.27. The number of ether oxygens (including phenoxy) is 1. The molecule has 0 saturated heterocycles. The summed E-state index contributed by atoms with van der Waals surface area (Å²) in [5.41, 5.74) is 12.5. The normalized spacial score (nSPS) is 10.5. The molecule has 0 spiro atoms. The summed E-state index contributed by atoms with van der Waals surface area (Å²) in [6.45, 7) is 0. The van der Waals surface area contributed by atoms with Crippen LogP contribution in [0.4, 0.5) is 11.4 Å². The van der Waals surface area contributed by atoms with Crippen LogP contribution in [0.3, 0.4) is 0 Å². The molecule has 0 atom stereocenters. The molecule has 0 fully saturated rings. The van der Waals surface area contributed by atoms with Crippen LogP contribution >= 0.6 is 0 Å². The lowest BCUT2D eigenvalue weighted by Crippen LogP contribution is -2.09. The maximum atomic E-state index is 12.2. The van der Waals surface area contributed by atoms with Crippen molar-refractivity contribution in [3.8, 4) is 5.75 Å². The van der Waals surface area contributed by atoms with Gasteiger partial charge in [-0.25, -0.2) is 4.79 Å². The number of nitrogen functional groups attached to an aromatic ring is 2. The van der Waals surface area contributed by atoms with Crippen molar-refractivity contribution >= 4 is 28.1 Å². The van der Waals surface area contributed by atoms with Gasteiger partial charge in [-0.3, -0.25) is 0 Å². The van der Waals surface area contributed by atoms with E-state index in [-0.39, 0.29) is 0 Å². The molecule has 4 nitrogen and oxygen atoms in total. The van der Waals surface area contributed by atoms with Crippen LogP contribution < -0.4 is 16.2 Å². The molecule has 0 aliphatic carbocycles. The first-order valence-corrected chi connectivity index (χ1v) is 6.50. The summed E-state index contributed by atoms with van der Waals surface area (Å²) in [6.07, 6.45) is 0. The zero-order chi connectivity index (χ0) is 14.8. The molecule has 0 aromatic heterocycles. The van der Waals surface area contributed by atoms with Gasteiger partial charge >= 0.3 is 5.97 Å². The molecule has 0 unspecified atom stereocenters. The van der Waals surface area contributed by atoms with E-state index in [4.69, 9.17) is 16.2 Å². The number of benzene rings is 3. The highest BCUT2D eigenvalue weighted by Crippen LogP contribution is 2.26. The molecule has 0 aliphatic heterocycles. The molecule has 0 heterocycles. The highest BCUT2D eigenvalue weighted by molar-refractivity contribution is 5.96. The van der Waals surface area contributed by atoms with Gasteiger partial charge in [-0.1, -0.05) is 36.4 Å². The summed E-state index contributed by atoms with van der Waals surface area (Å²) in [7, 11) is 0. The number of carbonyl (C=O) groups is 1. The van der Waals surface area contributed by atoms with Crippen LogP contribution in [0.5, 0.6) is 5.75 Å². The number of fused-ring (bicyclic) bond motifs is 1. The summed E-state index contributed by atoms with van der Waals surface area (Å²) >= 11 is 0. The number of carbonyl (C=O) groups excluding carboxylic acids is 1. The van der Waals surface area contributed by atoms with E-state index < -0.39 is 5.97 Å². The smallest absolute Gasteiger partial charge is 0.343 e. The van der Waals surface area contributed by atoms with E-state index >= 15 is 0 Å². The predicted octanol–water partition coefficient (Wildman–Crippen LogP) is 3.22. The molecular formula is C17H14N2O2. The Bertz CT molecular complexity index is 823. The van der Waals surface area contributed by atoms with Crippen LogP contribution in [-0.2, 0) is 0 Å². The van der Waals surface area contributed by atoms with E-state index in [1.165, 1.54) is 6.07 Å². The van der Waals surface area contributed by atoms with Crippen LogP contribution in [0.25, 0.3) is 10.8 Å². The standard InChI is InChI=1S/C17H14N2O2/c18-14-9-8-12(10-15(14)19)17(20)21-16-7-3-5-11-4-1-2-6-13(11)16/h1-10H,18-19H2. The van der Waals surface area contributed by atoms with E-state index in [9.17, 15) is 4.79 Å². The minimum Gasteiger partial charge on any atom is -0.422 e. The topological polar surface area (TPSA) is 78.3 Å². The average Bonchev–Trinajstić information content (AvgIpc) is 2.50. The van der Waals surface area contributed by atoms with Gasteiger partial charge in [-0.2, -0.15) is 0 Å². The first-order chi connectivity index (χ1) is 10.1. The molecule has 0 radical (unpaired) electrons. The van der Waals surface area contributed by atoms with Gasteiger partial charge in [0.15, 0.2) is 0 Å². The molecule has 3 aromatic rings. The number of anilines is 2. The first-order valence-electron chi connectivity index (χ1n) is 6.50. The second kappa shape index (κ2) is 5.17. The van der Waals surface area contributed by atoms with Crippen LogP contribution in [-0.4, -0.2) is 5.97 Å². The Morgan fingerprint density at radius 2 is 1.62 bits per heavy atom. The second-order valence-corrected chi connectivity index (χ2v) is 4.71. The number of hydrogen-bond donors (Lipinski definition) is 2. The van der Waals surface area contributed by atoms with Gasteiger partial charge in [0.1, 0.15) is 5.75 Å². The SMILES string of the molecule is Nc1ccc(C(=O)Oc2cccc3ccccc23)cc1N. The van der Waals surface area contributed by atoms with E-state index in [2.05, 4.69) is 0 Å². The molecule has 3 rings (SSSR count). The Labute approximate surface area is 121 Å². The van der Waals surface area contributed by atoms with Crippen LogP contribution in [0.2, 0.25) is 0 Å². The van der Waals surface area contributed by atoms with Crippen LogP contribution in [0, 0.1) is 0 Å². The quantitative estimate of drug-likeness (QED) is 0.428. The zero-order valence-corrected chi connectivity index (χ0v) is 11.2. The maximum Gasteiger partial charge on any atom is 0.343 e. The van der Waals surface area contributed by atoms with E-state index in [0.717, 1.165) is 10.8 Å². The fourth-order valence-corrected chi connectivity index (χ4v) is 2.15. The summed E-state index contributed by atoms with van der Waals surface area (Å²) in [5.74, 6) is 0.0616. The first kappa shape index (κ1) is 13.0. The van der Waals surface area contributed by atoms with Crippen molar-refractivity contribution in [3.05, 3.63) is 66.2 Å². The van der Waals surface area contributed by atoms with Crippen molar-refractivity contribution in [3.63, 3.8) is 0 Å². The van der Waals surface area contributed by atoms with Gasteiger partial charge < -0.3 is 16.2 Å². The lowest BCUT2D eigenvalue weighted by atomic mass is 10.1. The fraction of sp³-hybridized carbons (Fsp3) is 0. The number of nitrogens with two attached hydrogens (primary N) is 2. The van der Waals surface area contributed by atoms with Crippen molar-refractivity contribution in [1.29, 1.82) is 0 Å². The van der Waals surface area contributed by atoms with Crippen molar-refractivity contribution in [1.82, 2.24) is 0 Å². The molecule has 4 heteroatoms. The van der Waals surface area contributed by atoms with E-state index in [0.29, 0.717) is 22.7 Å². The molecule has 21 heavy (non-hydrogen) atoms. The molecule has 3 aromatic carbocycles. The van der Waals surface area contributed by atoms with Gasteiger partial charge in [-0.05, 0) is 29.7 Å². The molecule has 0 amide bonds. The lowest BCUT2D eigenvalue weighted by Gasteiger charge is -2.08. The van der Waals surface area contributed by atoms with Gasteiger partial charge in [0.05, 0.1) is 16.9 Å². The Morgan fingerprint density at radius 1 is 0.857 bits per heavy atom. The molecule has 0 bridgehead atoms. The number of esters is 1. The molecule has 4 N–H and O–H groups in total. The summed E-state index contributed by atoms with van der Waals surface area (Å²) in [4.78, 5) is 12.2. The molecule has 104 valence electrons. The van der Waals surface area contributed by atoms with Gasteiger partial charge in [0.25, 0.3) is 0 Å². The highest BCUT2D eigenvalue weighted by Gasteiger charge is 2.11. The van der Waals surface area contributed by atoms with Gasteiger partial charge in [0.2, 0.25) is 0 Å². The van der Waals surface area contributed by atoms with E-state index in [1.54, 1.807) is 18.2 Å². The van der Waals surface area contributed by atoms with Gasteiger partial charge in [-0.15, -0.1) is 0 Å². The summed E-state index contributed by atoms with van der Waals surface area (Å²) in [6, 6.07) is 18.0. The number of hydrogen-bond acceptors (Lipinski definition) is 4.